The molecule has 0 unspecified atom stereocenters. The quantitative estimate of drug-likeness (QED) is 0.244. The number of nitrogens with one attached hydrogen (secondary N) is 2. The number of amides is 1. The Morgan fingerprint density at radius 2 is 1.86 bits per heavy atom. The standard InChI is InChI=1S/C26H23FN4O3S/c1-33-20-10-6-16(21(15-20)34-2)7-11-23(32)29-22-14-18(12-13-28-22)25-24(30-26(31-25)35-3)17-4-8-19(27)9-5-17/h4-15H,1-3H3,(H,30,31)(H,28,29,32)/b11-7+. The van der Waals surface area contributed by atoms with Gasteiger partial charge in [-0.05, 0) is 60.9 Å². The molecule has 0 aliphatic rings. The molecule has 2 heterocycles. The molecule has 0 saturated heterocycles. The minimum absolute atomic E-state index is 0.311. The molecule has 9 heteroatoms. The number of imidazole rings is 1. The highest BCUT2D eigenvalue weighted by Crippen LogP contribution is 2.33. The van der Waals surface area contributed by atoms with E-state index in [1.807, 2.05) is 6.26 Å². The van der Waals surface area contributed by atoms with Crippen LogP contribution in [-0.4, -0.2) is 41.3 Å². The maximum Gasteiger partial charge on any atom is 0.249 e. The summed E-state index contributed by atoms with van der Waals surface area (Å²) in [6.45, 7) is 0. The summed E-state index contributed by atoms with van der Waals surface area (Å²) in [6, 6.07) is 15.1. The number of halogens is 1. The average Bonchev–Trinajstić information content (AvgIpc) is 3.32. The Hall–Kier alpha value is -4.11. The van der Waals surface area contributed by atoms with E-state index in [4.69, 9.17) is 9.47 Å². The molecule has 178 valence electrons. The Kier molecular flexibility index (Phi) is 7.47. The molecule has 4 aromatic rings. The Balaban J connectivity index is 1.56. The number of carbonyl (C=O) groups is 1. The number of hydrogen-bond donors (Lipinski definition) is 2. The summed E-state index contributed by atoms with van der Waals surface area (Å²) in [4.78, 5) is 24.8. The van der Waals surface area contributed by atoms with E-state index in [-0.39, 0.29) is 11.7 Å². The second-order valence-electron chi connectivity index (χ2n) is 7.34. The van der Waals surface area contributed by atoms with E-state index in [2.05, 4.69) is 20.3 Å². The number of anilines is 1. The first-order valence-electron chi connectivity index (χ1n) is 10.6. The Morgan fingerprint density at radius 3 is 2.57 bits per heavy atom. The molecule has 1 amide bonds. The summed E-state index contributed by atoms with van der Waals surface area (Å²) < 4.78 is 24.0. The second kappa shape index (κ2) is 10.9. The van der Waals surface area contributed by atoms with Crippen LogP contribution in [0.5, 0.6) is 11.5 Å². The van der Waals surface area contributed by atoms with Gasteiger partial charge in [0.2, 0.25) is 5.91 Å². The normalized spacial score (nSPS) is 11.0. The van der Waals surface area contributed by atoms with Crippen molar-refractivity contribution in [1.82, 2.24) is 15.0 Å². The molecular formula is C26H23FN4O3S. The molecule has 0 aliphatic heterocycles. The van der Waals surface area contributed by atoms with Crippen LogP contribution in [0.15, 0.2) is 72.0 Å². The van der Waals surface area contributed by atoms with Crippen molar-refractivity contribution >= 4 is 29.6 Å². The van der Waals surface area contributed by atoms with Crippen molar-refractivity contribution in [2.45, 2.75) is 5.16 Å². The molecule has 0 spiro atoms. The summed E-state index contributed by atoms with van der Waals surface area (Å²) in [5.41, 5.74) is 3.72. The predicted octanol–water partition coefficient (Wildman–Crippen LogP) is 5.67. The summed E-state index contributed by atoms with van der Waals surface area (Å²) in [6.07, 6.45) is 6.58. The molecular weight excluding hydrogens is 467 g/mol. The van der Waals surface area contributed by atoms with Crippen LogP contribution < -0.4 is 14.8 Å². The van der Waals surface area contributed by atoms with Gasteiger partial charge in [0.1, 0.15) is 23.1 Å². The number of rotatable bonds is 8. The van der Waals surface area contributed by atoms with Crippen molar-refractivity contribution in [2.24, 2.45) is 0 Å². The van der Waals surface area contributed by atoms with Crippen LogP contribution in [0.25, 0.3) is 28.6 Å². The van der Waals surface area contributed by atoms with Gasteiger partial charge in [0, 0.05) is 35.0 Å². The molecule has 0 aliphatic carbocycles. The number of carbonyl (C=O) groups excluding carboxylic acids is 1. The largest absolute Gasteiger partial charge is 0.497 e. The van der Waals surface area contributed by atoms with E-state index in [0.717, 1.165) is 27.5 Å². The Bertz CT molecular complexity index is 1370. The van der Waals surface area contributed by atoms with Crippen LogP contribution >= 0.6 is 11.8 Å². The summed E-state index contributed by atoms with van der Waals surface area (Å²) in [7, 11) is 3.13. The van der Waals surface area contributed by atoms with Crippen molar-refractivity contribution in [3.63, 3.8) is 0 Å². The lowest BCUT2D eigenvalue weighted by Gasteiger charge is -2.08. The smallest absolute Gasteiger partial charge is 0.249 e. The van der Waals surface area contributed by atoms with Crippen molar-refractivity contribution in [1.29, 1.82) is 0 Å². The number of H-pyrrole nitrogens is 1. The zero-order valence-electron chi connectivity index (χ0n) is 19.3. The fraction of sp³-hybridized carbons (Fsp3) is 0.115. The van der Waals surface area contributed by atoms with Crippen LogP contribution in [0.1, 0.15) is 5.56 Å². The number of nitrogens with zero attached hydrogens (tertiary/aromatic N) is 2. The highest BCUT2D eigenvalue weighted by Gasteiger charge is 2.15. The zero-order chi connectivity index (χ0) is 24.8. The lowest BCUT2D eigenvalue weighted by molar-refractivity contribution is -0.111. The molecule has 2 aromatic carbocycles. The third kappa shape index (κ3) is 5.70. The maximum atomic E-state index is 13.4. The number of pyridine rings is 1. The number of benzene rings is 2. The van der Waals surface area contributed by atoms with E-state index >= 15 is 0 Å². The van der Waals surface area contributed by atoms with Gasteiger partial charge >= 0.3 is 0 Å². The molecule has 0 radical (unpaired) electrons. The molecule has 0 saturated carbocycles. The molecule has 4 rings (SSSR count). The fourth-order valence-electron chi connectivity index (χ4n) is 3.42. The van der Waals surface area contributed by atoms with Gasteiger partial charge in [0.25, 0.3) is 0 Å². The monoisotopic (exact) mass is 490 g/mol. The third-order valence-corrected chi connectivity index (χ3v) is 5.73. The lowest BCUT2D eigenvalue weighted by atomic mass is 10.1. The van der Waals surface area contributed by atoms with E-state index in [1.54, 1.807) is 69.0 Å². The van der Waals surface area contributed by atoms with E-state index < -0.39 is 0 Å². The van der Waals surface area contributed by atoms with Gasteiger partial charge in [-0.15, -0.1) is 0 Å². The van der Waals surface area contributed by atoms with Crippen LogP contribution in [0.2, 0.25) is 0 Å². The number of hydrogen-bond acceptors (Lipinski definition) is 6. The van der Waals surface area contributed by atoms with Gasteiger partial charge in [-0.2, -0.15) is 0 Å². The number of ether oxygens (including phenoxy) is 2. The van der Waals surface area contributed by atoms with Crippen molar-refractivity contribution in [2.75, 3.05) is 25.8 Å². The number of methoxy groups -OCH3 is 2. The molecule has 0 fully saturated rings. The van der Waals surface area contributed by atoms with Crippen molar-refractivity contribution < 1.29 is 18.7 Å². The molecule has 0 atom stereocenters. The van der Waals surface area contributed by atoms with E-state index in [9.17, 15) is 9.18 Å². The molecule has 2 aromatic heterocycles. The minimum Gasteiger partial charge on any atom is -0.497 e. The Morgan fingerprint density at radius 1 is 1.06 bits per heavy atom. The number of thioether (sulfide) groups is 1. The molecule has 35 heavy (non-hydrogen) atoms. The Labute approximate surface area is 206 Å². The van der Waals surface area contributed by atoms with Gasteiger partial charge in [-0.1, -0.05) is 11.8 Å². The average molecular weight is 491 g/mol. The van der Waals surface area contributed by atoms with Gasteiger partial charge in [-0.25, -0.2) is 14.4 Å². The molecule has 0 bridgehead atoms. The van der Waals surface area contributed by atoms with Crippen LogP contribution in [0.4, 0.5) is 10.2 Å². The highest BCUT2D eigenvalue weighted by atomic mass is 32.2. The first kappa shape index (κ1) is 24.0. The van der Waals surface area contributed by atoms with Crippen LogP contribution in [0, 0.1) is 5.82 Å². The van der Waals surface area contributed by atoms with E-state index in [0.29, 0.717) is 23.0 Å². The van der Waals surface area contributed by atoms with Gasteiger partial charge in [-0.3, -0.25) is 4.79 Å². The number of aromatic nitrogens is 3. The topological polar surface area (TPSA) is 89.1 Å². The van der Waals surface area contributed by atoms with Gasteiger partial charge < -0.3 is 19.8 Å². The first-order chi connectivity index (χ1) is 17.0. The molecule has 2 N–H and O–H groups in total. The van der Waals surface area contributed by atoms with Crippen molar-refractivity contribution in [3.05, 3.63) is 78.3 Å². The number of aromatic amines is 1. The summed E-state index contributed by atoms with van der Waals surface area (Å²) in [5.74, 6) is 0.960. The van der Waals surface area contributed by atoms with Gasteiger partial charge in [0.05, 0.1) is 25.6 Å². The second-order valence-corrected chi connectivity index (χ2v) is 8.13. The van der Waals surface area contributed by atoms with Crippen LogP contribution in [0.3, 0.4) is 0 Å². The SMILES string of the molecule is COc1ccc(/C=C/C(=O)Nc2cc(-c3nc(SC)[nH]c3-c3ccc(F)cc3)ccn2)c(OC)c1. The first-order valence-corrected chi connectivity index (χ1v) is 11.8. The summed E-state index contributed by atoms with van der Waals surface area (Å²) >= 11 is 1.47. The maximum absolute atomic E-state index is 13.4. The predicted molar refractivity (Wildman–Crippen MR) is 136 cm³/mol. The van der Waals surface area contributed by atoms with E-state index in [1.165, 1.54) is 30.0 Å². The van der Waals surface area contributed by atoms with Gasteiger partial charge in [0.15, 0.2) is 5.16 Å². The fourth-order valence-corrected chi connectivity index (χ4v) is 3.80. The third-order valence-electron chi connectivity index (χ3n) is 5.15. The molecule has 7 nitrogen and oxygen atoms in total. The van der Waals surface area contributed by atoms with Crippen molar-refractivity contribution in [3.8, 4) is 34.0 Å². The zero-order valence-corrected chi connectivity index (χ0v) is 20.2. The van der Waals surface area contributed by atoms with Crippen LogP contribution in [-0.2, 0) is 4.79 Å². The lowest BCUT2D eigenvalue weighted by Crippen LogP contribution is -2.09. The minimum atomic E-state index is -0.349. The highest BCUT2D eigenvalue weighted by molar-refractivity contribution is 7.98. The summed E-state index contributed by atoms with van der Waals surface area (Å²) in [5, 5.41) is 3.50.